The van der Waals surface area contributed by atoms with Gasteiger partial charge in [-0.25, -0.2) is 14.0 Å². The minimum Gasteiger partial charge on any atom is -0.478 e. The normalized spacial score (nSPS) is 15.7. The van der Waals surface area contributed by atoms with Gasteiger partial charge in [-0.2, -0.15) is 4.98 Å². The highest BCUT2D eigenvalue weighted by Crippen LogP contribution is 2.36. The molecule has 0 bridgehead atoms. The van der Waals surface area contributed by atoms with E-state index in [1.165, 1.54) is 17.7 Å². The molecule has 226 valence electrons. The van der Waals surface area contributed by atoms with E-state index in [-0.39, 0.29) is 29.6 Å². The quantitative estimate of drug-likeness (QED) is 0.257. The van der Waals surface area contributed by atoms with Crippen LogP contribution in [0.2, 0.25) is 0 Å². The van der Waals surface area contributed by atoms with Crippen LogP contribution in [0.25, 0.3) is 11.3 Å². The first kappa shape index (κ1) is 31.6. The maximum Gasteiger partial charge on any atom is 0.335 e. The molecule has 9 nitrogen and oxygen atoms in total. The highest BCUT2D eigenvalue weighted by Gasteiger charge is 2.23. The minimum atomic E-state index is -1.82. The zero-order chi connectivity index (χ0) is 30.4. The lowest BCUT2D eigenvalue weighted by Crippen LogP contribution is -2.32. The molecule has 10 heteroatoms. The Morgan fingerprint density at radius 3 is 2.57 bits per heavy atom. The Balaban J connectivity index is 1.73. The summed E-state index contributed by atoms with van der Waals surface area (Å²) in [6, 6.07) is 12.0. The molecule has 1 saturated heterocycles. The molecular formula is C32H42N4O5S. The fraction of sp³-hybridized carbons (Fsp3) is 0.469. The summed E-state index contributed by atoms with van der Waals surface area (Å²) in [6.45, 7) is 12.2. The molecule has 1 aliphatic rings. The Morgan fingerprint density at radius 2 is 1.88 bits per heavy atom. The number of aromatic carboxylic acids is 1. The number of carboxylic acid groups (broad SMARTS) is 1. The zero-order valence-electron chi connectivity index (χ0n) is 25.1. The lowest BCUT2D eigenvalue weighted by atomic mass is 9.87. The van der Waals surface area contributed by atoms with Crippen molar-refractivity contribution < 1.29 is 23.6 Å². The maximum absolute atomic E-state index is 13.3. The van der Waals surface area contributed by atoms with Crippen LogP contribution in [0.3, 0.4) is 0 Å². The molecular weight excluding hydrogens is 552 g/mol. The van der Waals surface area contributed by atoms with Crippen molar-refractivity contribution in [1.29, 1.82) is 0 Å². The highest BCUT2D eigenvalue weighted by molar-refractivity contribution is 7.86. The summed E-state index contributed by atoms with van der Waals surface area (Å²) in [4.78, 5) is 21.2. The first-order chi connectivity index (χ1) is 19.9. The van der Waals surface area contributed by atoms with Crippen molar-refractivity contribution in [2.75, 3.05) is 24.5 Å². The van der Waals surface area contributed by atoms with Gasteiger partial charge in [0, 0.05) is 30.4 Å². The smallest absolute Gasteiger partial charge is 0.335 e. The van der Waals surface area contributed by atoms with Crippen LogP contribution in [0.4, 0.5) is 5.95 Å². The maximum atomic E-state index is 13.3. The number of benzene rings is 2. The molecule has 2 unspecified atom stereocenters. The molecule has 2 aromatic carbocycles. The molecule has 42 heavy (non-hydrogen) atoms. The van der Waals surface area contributed by atoms with Gasteiger partial charge in [-0.15, -0.1) is 0 Å². The Kier molecular flexibility index (Phi) is 10.3. The third-order valence-corrected chi connectivity index (χ3v) is 8.38. The van der Waals surface area contributed by atoms with Gasteiger partial charge >= 0.3 is 5.97 Å². The molecule has 3 aromatic rings. The first-order valence-corrected chi connectivity index (χ1v) is 15.5. The van der Waals surface area contributed by atoms with Gasteiger partial charge in [0.1, 0.15) is 6.61 Å². The molecule has 1 aromatic heterocycles. The molecule has 1 aliphatic heterocycles. The average molecular weight is 595 g/mol. The number of aromatic nitrogens is 2. The van der Waals surface area contributed by atoms with Crippen molar-refractivity contribution in [3.63, 3.8) is 0 Å². The number of ether oxygens (including phenoxy) is 2. The van der Waals surface area contributed by atoms with Gasteiger partial charge < -0.3 is 20.3 Å². The zero-order valence-corrected chi connectivity index (χ0v) is 25.9. The largest absolute Gasteiger partial charge is 0.478 e. The number of nitrogens with two attached hydrogens (primary N) is 1. The third kappa shape index (κ3) is 8.36. The SMILES string of the molecule is Cc1cccc(CC2CCOCC2)c1-c1nc(NS(=O)c2cccc(C(=O)O)c2)nc(OCC(N)CC(C)(C)C)c1C. The molecule has 2 heterocycles. The summed E-state index contributed by atoms with van der Waals surface area (Å²) in [5.41, 5.74) is 11.2. The summed E-state index contributed by atoms with van der Waals surface area (Å²) in [7, 11) is -1.82. The van der Waals surface area contributed by atoms with Gasteiger partial charge in [0.05, 0.1) is 16.2 Å². The van der Waals surface area contributed by atoms with E-state index in [9.17, 15) is 14.1 Å². The number of nitrogens with one attached hydrogen (secondary N) is 1. The Hall–Kier alpha value is -3.34. The summed E-state index contributed by atoms with van der Waals surface area (Å²) in [5, 5.41) is 9.38. The first-order valence-electron chi connectivity index (χ1n) is 14.4. The summed E-state index contributed by atoms with van der Waals surface area (Å²) in [6.07, 6.45) is 3.69. The van der Waals surface area contributed by atoms with Crippen molar-refractivity contribution in [3.05, 3.63) is 64.7 Å². The molecule has 0 saturated carbocycles. The molecule has 0 radical (unpaired) electrons. The summed E-state index contributed by atoms with van der Waals surface area (Å²) < 4.78 is 28.0. The van der Waals surface area contributed by atoms with Crippen LogP contribution in [0.15, 0.2) is 47.4 Å². The van der Waals surface area contributed by atoms with Crippen molar-refractivity contribution in [2.45, 2.75) is 71.2 Å². The lowest BCUT2D eigenvalue weighted by molar-refractivity contribution is 0.0665. The van der Waals surface area contributed by atoms with E-state index in [1.54, 1.807) is 12.1 Å². The van der Waals surface area contributed by atoms with E-state index < -0.39 is 17.0 Å². The number of anilines is 1. The predicted molar refractivity (Wildman–Crippen MR) is 165 cm³/mol. The van der Waals surface area contributed by atoms with Crippen LogP contribution in [-0.4, -0.2) is 51.1 Å². The number of hydrogen-bond donors (Lipinski definition) is 3. The van der Waals surface area contributed by atoms with Gasteiger partial charge in [0.25, 0.3) is 0 Å². The van der Waals surface area contributed by atoms with Gasteiger partial charge in [-0.3, -0.25) is 4.72 Å². The number of nitrogens with zero attached hydrogens (tertiary/aromatic N) is 2. The number of carbonyl (C=O) groups is 1. The molecule has 0 spiro atoms. The molecule has 0 amide bonds. The van der Waals surface area contributed by atoms with Crippen LogP contribution in [-0.2, 0) is 22.1 Å². The van der Waals surface area contributed by atoms with Crippen LogP contribution in [0.1, 0.15) is 67.1 Å². The van der Waals surface area contributed by atoms with Crippen molar-refractivity contribution >= 4 is 22.9 Å². The fourth-order valence-electron chi connectivity index (χ4n) is 5.34. The Labute approximate surface area is 250 Å². The number of hydrogen-bond acceptors (Lipinski definition) is 7. The topological polar surface area (TPSA) is 137 Å². The van der Waals surface area contributed by atoms with Crippen molar-refractivity contribution in [3.8, 4) is 17.1 Å². The Morgan fingerprint density at radius 1 is 1.17 bits per heavy atom. The molecule has 1 fully saturated rings. The monoisotopic (exact) mass is 594 g/mol. The number of rotatable bonds is 11. The van der Waals surface area contributed by atoms with E-state index in [4.69, 9.17) is 20.2 Å². The molecule has 4 rings (SSSR count). The molecule has 0 aliphatic carbocycles. The fourth-order valence-corrected chi connectivity index (χ4v) is 6.15. The number of carboxylic acids is 1. The van der Waals surface area contributed by atoms with Crippen LogP contribution >= 0.6 is 0 Å². The lowest BCUT2D eigenvalue weighted by Gasteiger charge is -2.25. The predicted octanol–water partition coefficient (Wildman–Crippen LogP) is 5.70. The third-order valence-electron chi connectivity index (χ3n) is 7.33. The van der Waals surface area contributed by atoms with E-state index in [2.05, 4.69) is 55.6 Å². The second kappa shape index (κ2) is 13.8. The van der Waals surface area contributed by atoms with Crippen molar-refractivity contribution in [2.24, 2.45) is 17.1 Å². The highest BCUT2D eigenvalue weighted by atomic mass is 32.2. The van der Waals surface area contributed by atoms with Crippen LogP contribution in [0, 0.1) is 25.2 Å². The molecule has 2 atom stereocenters. The minimum absolute atomic E-state index is 0.0442. The number of aryl methyl sites for hydroxylation is 1. The van der Waals surface area contributed by atoms with Crippen LogP contribution in [0.5, 0.6) is 5.88 Å². The van der Waals surface area contributed by atoms with E-state index in [0.29, 0.717) is 22.4 Å². The average Bonchev–Trinajstić information content (AvgIpc) is 2.93. The van der Waals surface area contributed by atoms with E-state index in [0.717, 1.165) is 55.6 Å². The standard InChI is InChI=1S/C32H42N4O5S/c1-20-8-6-9-23(16-22-12-14-40-15-13-22)27(20)28-21(2)29(41-19-25(33)18-32(3,4)5)35-31(34-28)36-42(39)26-11-7-10-24(17-26)30(37)38/h6-11,17,22,25H,12-16,18-19,33H2,1-5H3,(H,37,38)(H,34,35,36). The summed E-state index contributed by atoms with van der Waals surface area (Å²) in [5.74, 6) is -0.0986. The van der Waals surface area contributed by atoms with Gasteiger partial charge in [0.15, 0.2) is 11.0 Å². The van der Waals surface area contributed by atoms with Gasteiger partial charge in [-0.05, 0) is 80.2 Å². The molecule has 4 N–H and O–H groups in total. The second-order valence-electron chi connectivity index (χ2n) is 12.2. The van der Waals surface area contributed by atoms with E-state index in [1.807, 2.05) is 6.92 Å². The van der Waals surface area contributed by atoms with E-state index >= 15 is 0 Å². The van der Waals surface area contributed by atoms with Gasteiger partial charge in [-0.1, -0.05) is 45.0 Å². The van der Waals surface area contributed by atoms with Crippen LogP contribution < -0.4 is 15.2 Å². The summed E-state index contributed by atoms with van der Waals surface area (Å²) >= 11 is 0. The Bertz CT molecular complexity index is 1430. The van der Waals surface area contributed by atoms with Gasteiger partial charge in [0.2, 0.25) is 11.8 Å². The second-order valence-corrected chi connectivity index (χ2v) is 13.4. The van der Waals surface area contributed by atoms with Crippen molar-refractivity contribution in [1.82, 2.24) is 9.97 Å².